The highest BCUT2D eigenvalue weighted by Gasteiger charge is 2.21. The van der Waals surface area contributed by atoms with Crippen LogP contribution in [0.1, 0.15) is 22.8 Å². The van der Waals surface area contributed by atoms with E-state index in [2.05, 4.69) is 15.9 Å². The molecule has 0 aliphatic carbocycles. The zero-order valence-corrected chi connectivity index (χ0v) is 19.0. The average molecular weight is 504 g/mol. The first-order valence-corrected chi connectivity index (χ1v) is 9.77. The van der Waals surface area contributed by atoms with Gasteiger partial charge in [-0.1, -0.05) is 15.9 Å². The Labute approximate surface area is 177 Å². The third kappa shape index (κ3) is 4.73. The predicted molar refractivity (Wildman–Crippen MR) is 116 cm³/mol. The molecule has 0 spiro atoms. The third-order valence-corrected chi connectivity index (χ3v) is 4.86. The lowest BCUT2D eigenvalue weighted by atomic mass is 10.0. The number of benzene rings is 1. The van der Waals surface area contributed by atoms with Gasteiger partial charge >= 0.3 is 0 Å². The van der Waals surface area contributed by atoms with E-state index in [1.807, 2.05) is 17.9 Å². The molecule has 148 valence electrons. The number of ether oxygens (including phenoxy) is 1. The van der Waals surface area contributed by atoms with Crippen LogP contribution in [0.3, 0.4) is 0 Å². The van der Waals surface area contributed by atoms with Crippen LogP contribution in [0.5, 0.6) is 0 Å². The number of rotatable bonds is 4. The molecule has 1 fully saturated rings. The first-order valence-electron chi connectivity index (χ1n) is 8.65. The van der Waals surface area contributed by atoms with Crippen molar-refractivity contribution in [3.05, 3.63) is 39.5 Å². The molecule has 1 amide bonds. The van der Waals surface area contributed by atoms with Gasteiger partial charge in [0.2, 0.25) is 0 Å². The third-order valence-electron chi connectivity index (χ3n) is 4.46. The van der Waals surface area contributed by atoms with Gasteiger partial charge in [-0.25, -0.2) is 0 Å². The standard InChI is InChI=1S/C19H23BrN2O4.BrH/c1-12-11-22(6-7-25-12)17-10-16(23)15-9-14(19(24)21(2)3)8-13(4-5-20)18(15)26-17;/h8-10,12H,4-7,11H2,1-3H3;1H/t12-;/m1./s1. The summed E-state index contributed by atoms with van der Waals surface area (Å²) in [6.45, 7) is 3.97. The van der Waals surface area contributed by atoms with Crippen molar-refractivity contribution in [2.24, 2.45) is 0 Å². The van der Waals surface area contributed by atoms with Crippen molar-refractivity contribution in [2.75, 3.05) is 44.0 Å². The Balaban J connectivity index is 0.00000261. The molecule has 0 bridgehead atoms. The van der Waals surface area contributed by atoms with Crippen LogP contribution >= 0.6 is 32.9 Å². The second-order valence-corrected chi connectivity index (χ2v) is 7.52. The van der Waals surface area contributed by atoms with Gasteiger partial charge in [0.25, 0.3) is 5.91 Å². The van der Waals surface area contributed by atoms with Crippen LogP contribution in [0.15, 0.2) is 27.4 Å². The topological polar surface area (TPSA) is 63.0 Å². The molecule has 27 heavy (non-hydrogen) atoms. The van der Waals surface area contributed by atoms with Crippen molar-refractivity contribution in [1.82, 2.24) is 4.90 Å². The number of anilines is 1. The van der Waals surface area contributed by atoms with Crippen LogP contribution in [0.2, 0.25) is 0 Å². The average Bonchev–Trinajstić information content (AvgIpc) is 2.61. The first kappa shape index (κ1) is 21.9. The van der Waals surface area contributed by atoms with Gasteiger partial charge in [-0.15, -0.1) is 17.0 Å². The normalized spacial score (nSPS) is 16.9. The largest absolute Gasteiger partial charge is 0.440 e. The van der Waals surface area contributed by atoms with E-state index in [1.54, 1.807) is 20.2 Å². The van der Waals surface area contributed by atoms with Crippen LogP contribution in [0.4, 0.5) is 5.88 Å². The quantitative estimate of drug-likeness (QED) is 0.599. The van der Waals surface area contributed by atoms with Crippen LogP contribution in [0.25, 0.3) is 11.0 Å². The maximum absolute atomic E-state index is 12.8. The van der Waals surface area contributed by atoms with Gasteiger partial charge < -0.3 is 19.0 Å². The molecular weight excluding hydrogens is 480 g/mol. The monoisotopic (exact) mass is 502 g/mol. The van der Waals surface area contributed by atoms with Gasteiger partial charge in [-0.05, 0) is 31.0 Å². The van der Waals surface area contributed by atoms with Gasteiger partial charge in [0.05, 0.1) is 18.1 Å². The molecule has 1 aromatic heterocycles. The number of morpholine rings is 1. The summed E-state index contributed by atoms with van der Waals surface area (Å²) in [6.07, 6.45) is 0.753. The van der Waals surface area contributed by atoms with Crippen LogP contribution in [-0.2, 0) is 11.2 Å². The summed E-state index contributed by atoms with van der Waals surface area (Å²) in [5, 5.41) is 1.16. The number of alkyl halides is 1. The molecule has 1 saturated heterocycles. The number of hydrogen-bond acceptors (Lipinski definition) is 5. The molecule has 0 unspecified atom stereocenters. The molecule has 1 atom stereocenters. The summed E-state index contributed by atoms with van der Waals surface area (Å²) < 4.78 is 11.7. The Kier molecular flexibility index (Phi) is 7.47. The second-order valence-electron chi connectivity index (χ2n) is 6.73. The van der Waals surface area contributed by atoms with E-state index in [-0.39, 0.29) is 34.4 Å². The molecule has 2 aromatic rings. The lowest BCUT2D eigenvalue weighted by molar-refractivity contribution is 0.0517. The Morgan fingerprint density at radius 1 is 1.33 bits per heavy atom. The fourth-order valence-electron chi connectivity index (χ4n) is 3.16. The van der Waals surface area contributed by atoms with Crippen molar-refractivity contribution >= 4 is 55.7 Å². The maximum Gasteiger partial charge on any atom is 0.253 e. The minimum atomic E-state index is -0.135. The molecule has 0 radical (unpaired) electrons. The Morgan fingerprint density at radius 2 is 2.07 bits per heavy atom. The fourth-order valence-corrected chi connectivity index (χ4v) is 3.59. The van der Waals surface area contributed by atoms with E-state index < -0.39 is 0 Å². The molecule has 2 heterocycles. The minimum Gasteiger partial charge on any atom is -0.440 e. The molecule has 1 aromatic carbocycles. The van der Waals surface area contributed by atoms with Crippen molar-refractivity contribution in [2.45, 2.75) is 19.4 Å². The number of hydrogen-bond donors (Lipinski definition) is 0. The van der Waals surface area contributed by atoms with Gasteiger partial charge in [0.15, 0.2) is 11.3 Å². The Hall–Kier alpha value is -1.38. The van der Waals surface area contributed by atoms with Gasteiger partial charge in [-0.2, -0.15) is 0 Å². The summed E-state index contributed by atoms with van der Waals surface area (Å²) >= 11 is 3.44. The molecule has 3 rings (SSSR count). The second kappa shape index (κ2) is 9.21. The first-order chi connectivity index (χ1) is 12.4. The van der Waals surface area contributed by atoms with E-state index in [1.165, 1.54) is 11.0 Å². The van der Waals surface area contributed by atoms with E-state index in [0.717, 1.165) is 5.56 Å². The Bertz CT molecular complexity index is 882. The molecule has 6 nitrogen and oxygen atoms in total. The Morgan fingerprint density at radius 3 is 2.70 bits per heavy atom. The van der Waals surface area contributed by atoms with Crippen LogP contribution in [0, 0.1) is 0 Å². The summed E-state index contributed by atoms with van der Waals surface area (Å²) in [5.74, 6) is 0.424. The molecule has 8 heteroatoms. The predicted octanol–water partition coefficient (Wildman–Crippen LogP) is 3.24. The number of fused-ring (bicyclic) bond motifs is 1. The van der Waals surface area contributed by atoms with Crippen molar-refractivity contribution in [1.29, 1.82) is 0 Å². The number of carbonyl (C=O) groups excluding carboxylic acids is 1. The summed E-state index contributed by atoms with van der Waals surface area (Å²) in [4.78, 5) is 28.7. The lowest BCUT2D eigenvalue weighted by Gasteiger charge is -2.31. The zero-order valence-electron chi connectivity index (χ0n) is 15.7. The molecule has 1 aliphatic heterocycles. The summed E-state index contributed by atoms with van der Waals surface area (Å²) in [6, 6.07) is 4.97. The molecule has 1 aliphatic rings. The van der Waals surface area contributed by atoms with Crippen molar-refractivity contribution in [3.8, 4) is 0 Å². The number of amides is 1. The van der Waals surface area contributed by atoms with Gasteiger partial charge in [0, 0.05) is 44.1 Å². The lowest BCUT2D eigenvalue weighted by Crippen LogP contribution is -2.41. The number of aryl methyl sites for hydroxylation is 1. The smallest absolute Gasteiger partial charge is 0.253 e. The molecule has 0 N–H and O–H groups in total. The van der Waals surface area contributed by atoms with Gasteiger partial charge in [-0.3, -0.25) is 9.59 Å². The van der Waals surface area contributed by atoms with Crippen molar-refractivity contribution < 1.29 is 13.9 Å². The van der Waals surface area contributed by atoms with Gasteiger partial charge in [0.1, 0.15) is 5.58 Å². The number of halogens is 2. The van der Waals surface area contributed by atoms with E-state index in [9.17, 15) is 9.59 Å². The highest BCUT2D eigenvalue weighted by molar-refractivity contribution is 9.09. The zero-order chi connectivity index (χ0) is 18.8. The van der Waals surface area contributed by atoms with Crippen molar-refractivity contribution in [3.63, 3.8) is 0 Å². The molecule has 0 saturated carbocycles. The fraction of sp³-hybridized carbons (Fsp3) is 0.474. The van der Waals surface area contributed by atoms with Crippen LogP contribution in [-0.4, -0.2) is 56.0 Å². The highest BCUT2D eigenvalue weighted by atomic mass is 79.9. The number of carbonyl (C=O) groups is 1. The van der Waals surface area contributed by atoms with Crippen LogP contribution < -0.4 is 10.3 Å². The van der Waals surface area contributed by atoms with E-state index in [4.69, 9.17) is 9.15 Å². The minimum absolute atomic E-state index is 0. The number of nitrogens with zero attached hydrogens (tertiary/aromatic N) is 2. The van der Waals surface area contributed by atoms with E-state index in [0.29, 0.717) is 53.9 Å². The van der Waals surface area contributed by atoms with E-state index >= 15 is 0 Å². The summed E-state index contributed by atoms with van der Waals surface area (Å²) in [7, 11) is 3.39. The maximum atomic E-state index is 12.8. The highest BCUT2D eigenvalue weighted by Crippen LogP contribution is 2.26. The molecular formula is C19H24Br2N2O4. The summed E-state index contributed by atoms with van der Waals surface area (Å²) in [5.41, 5.74) is 1.77. The SMILES string of the molecule is Br.C[C@@H]1CN(c2cc(=O)c3cc(C(=O)N(C)C)cc(CCBr)c3o2)CCO1.